The molecule has 0 amide bonds. The molecule has 128 valence electrons. The van der Waals surface area contributed by atoms with Crippen molar-refractivity contribution in [3.05, 3.63) is 52.4 Å². The summed E-state index contributed by atoms with van der Waals surface area (Å²) in [6, 6.07) is 0. The molecule has 0 N–H and O–H groups in total. The van der Waals surface area contributed by atoms with Crippen molar-refractivity contribution in [2.75, 3.05) is 6.61 Å². The van der Waals surface area contributed by atoms with Crippen molar-refractivity contribution in [3.63, 3.8) is 0 Å². The first-order valence-electron chi connectivity index (χ1n) is 8.42. The lowest BCUT2D eigenvalue weighted by atomic mass is 9.71. The fourth-order valence-electron chi connectivity index (χ4n) is 3.91. The second-order valence-corrected chi connectivity index (χ2v) is 6.64. The van der Waals surface area contributed by atoms with Crippen molar-refractivity contribution in [1.82, 2.24) is 0 Å². The van der Waals surface area contributed by atoms with Gasteiger partial charge in [-0.3, -0.25) is 4.79 Å². The molecular formula is C21H22N2O2. The Hall–Kier alpha value is -2.73. The second kappa shape index (κ2) is 7.90. The highest BCUT2D eigenvalue weighted by Crippen LogP contribution is 2.51. The van der Waals surface area contributed by atoms with Crippen LogP contribution in [0.25, 0.3) is 9.69 Å². The van der Waals surface area contributed by atoms with E-state index in [-0.39, 0.29) is 18.9 Å². The first kappa shape index (κ1) is 18.6. The van der Waals surface area contributed by atoms with Crippen LogP contribution in [0.1, 0.15) is 39.5 Å². The third kappa shape index (κ3) is 3.85. The molecular weight excluding hydrogens is 312 g/mol. The van der Waals surface area contributed by atoms with Gasteiger partial charge >= 0.3 is 11.6 Å². The summed E-state index contributed by atoms with van der Waals surface area (Å²) < 4.78 is 4.79. The molecule has 0 radical (unpaired) electrons. The van der Waals surface area contributed by atoms with Gasteiger partial charge in [0, 0.05) is 12.8 Å². The summed E-state index contributed by atoms with van der Waals surface area (Å²) in [6.07, 6.45) is 5.58. The minimum Gasteiger partial charge on any atom is -0.453 e. The summed E-state index contributed by atoms with van der Waals surface area (Å²) in [4.78, 5) is 18.2. The number of fused-ring (bicyclic) bond motifs is 2. The van der Waals surface area contributed by atoms with E-state index in [4.69, 9.17) is 17.9 Å². The van der Waals surface area contributed by atoms with Gasteiger partial charge in [0.15, 0.2) is 13.0 Å². The van der Waals surface area contributed by atoms with Crippen LogP contribution in [-0.2, 0) is 9.53 Å². The lowest BCUT2D eigenvalue weighted by Gasteiger charge is -2.30. The van der Waals surface area contributed by atoms with Gasteiger partial charge in [0.25, 0.3) is 0 Å². The van der Waals surface area contributed by atoms with E-state index in [1.165, 1.54) is 6.92 Å². The number of carbonyl (C=O) groups is 1. The lowest BCUT2D eigenvalue weighted by Crippen LogP contribution is -2.33. The molecule has 0 heterocycles. The Morgan fingerprint density at radius 3 is 2.68 bits per heavy atom. The summed E-state index contributed by atoms with van der Waals surface area (Å²) in [5, 5.41) is 0. The predicted molar refractivity (Wildman–Crippen MR) is 95.7 cm³/mol. The minimum atomic E-state index is -1.31. The average molecular weight is 334 g/mol. The smallest absolute Gasteiger partial charge is 0.453 e. The fraction of sp³-hybridized carbons (Fsp3) is 0.524. The highest BCUT2D eigenvalue weighted by molar-refractivity contribution is 5.66. The van der Waals surface area contributed by atoms with E-state index < -0.39 is 11.6 Å². The summed E-state index contributed by atoms with van der Waals surface area (Å²) in [7, 11) is 0. The van der Waals surface area contributed by atoms with Gasteiger partial charge in [0.05, 0.1) is 0 Å². The molecule has 2 bridgehead atoms. The first-order valence-corrected chi connectivity index (χ1v) is 8.42. The number of rotatable bonds is 4. The van der Waals surface area contributed by atoms with Crippen LogP contribution in [0.4, 0.5) is 0 Å². The van der Waals surface area contributed by atoms with E-state index in [1.54, 1.807) is 0 Å². The molecule has 4 nitrogen and oxygen atoms in total. The second-order valence-electron chi connectivity index (χ2n) is 6.64. The normalized spacial score (nSPS) is 23.8. The van der Waals surface area contributed by atoms with Crippen molar-refractivity contribution in [1.29, 1.82) is 0 Å². The lowest BCUT2D eigenvalue weighted by molar-refractivity contribution is -0.139. The maximum absolute atomic E-state index is 10.8. The number of hydrogen-bond donors (Lipinski definition) is 0. The highest BCUT2D eigenvalue weighted by Gasteiger charge is 2.55. The molecule has 0 aromatic heterocycles. The number of carbonyl (C=O) groups excluding carboxylic acids is 1. The van der Waals surface area contributed by atoms with Crippen LogP contribution in [-0.4, -0.2) is 18.2 Å². The fourth-order valence-corrected chi connectivity index (χ4v) is 3.91. The topological polar surface area (TPSA) is 35.0 Å². The van der Waals surface area contributed by atoms with Crippen LogP contribution in [0.2, 0.25) is 0 Å². The zero-order chi connectivity index (χ0) is 18.4. The maximum atomic E-state index is 10.8. The zero-order valence-corrected chi connectivity index (χ0v) is 14.8. The third-order valence-corrected chi connectivity index (χ3v) is 5.12. The molecule has 0 aromatic carbocycles. The SMILES string of the molecule is [C-]#[N+]C(CC#CCOC(C)=O)([N+]#[C-])C1=C[C@H]2CC[C@H](C2)[C@@H]1C(C)=C=C. The van der Waals surface area contributed by atoms with Crippen molar-refractivity contribution in [3.8, 4) is 11.8 Å². The van der Waals surface area contributed by atoms with E-state index in [2.05, 4.69) is 39.9 Å². The predicted octanol–water partition coefficient (Wildman–Crippen LogP) is 4.18. The van der Waals surface area contributed by atoms with Crippen molar-refractivity contribution in [2.24, 2.45) is 17.8 Å². The third-order valence-electron chi connectivity index (χ3n) is 5.12. The van der Waals surface area contributed by atoms with Crippen LogP contribution in [0.5, 0.6) is 0 Å². The quantitative estimate of drug-likeness (QED) is 0.254. The van der Waals surface area contributed by atoms with E-state index >= 15 is 0 Å². The zero-order valence-electron chi connectivity index (χ0n) is 14.8. The number of nitrogens with zero attached hydrogens (tertiary/aromatic N) is 2. The molecule has 1 saturated carbocycles. The molecule has 2 aliphatic rings. The molecule has 0 saturated heterocycles. The number of hydrogen-bond acceptors (Lipinski definition) is 2. The van der Waals surface area contributed by atoms with Gasteiger partial charge in [-0.2, -0.15) is 0 Å². The van der Waals surface area contributed by atoms with Crippen LogP contribution in [0.15, 0.2) is 29.5 Å². The minimum absolute atomic E-state index is 0.0132. The Bertz CT molecular complexity index is 761. The summed E-state index contributed by atoms with van der Waals surface area (Å²) in [6.45, 7) is 22.5. The Balaban J connectivity index is 2.34. The number of esters is 1. The van der Waals surface area contributed by atoms with Crippen LogP contribution in [0, 0.1) is 42.7 Å². The number of allylic oxidation sites excluding steroid dienone is 2. The highest BCUT2D eigenvalue weighted by atomic mass is 16.5. The summed E-state index contributed by atoms with van der Waals surface area (Å²) in [5.74, 6) is 6.16. The van der Waals surface area contributed by atoms with E-state index in [0.29, 0.717) is 11.8 Å². The average Bonchev–Trinajstić information content (AvgIpc) is 2.98. The molecule has 3 atom stereocenters. The van der Waals surface area contributed by atoms with E-state index in [9.17, 15) is 4.79 Å². The summed E-state index contributed by atoms with van der Waals surface area (Å²) >= 11 is 0. The largest absolute Gasteiger partial charge is 0.517 e. The first-order chi connectivity index (χ1) is 12.0. The molecule has 0 unspecified atom stereocenters. The molecule has 0 spiro atoms. The summed E-state index contributed by atoms with van der Waals surface area (Å²) in [5.41, 5.74) is 3.54. The Morgan fingerprint density at radius 2 is 2.08 bits per heavy atom. The molecule has 25 heavy (non-hydrogen) atoms. The molecule has 1 fully saturated rings. The van der Waals surface area contributed by atoms with Crippen LogP contribution >= 0.6 is 0 Å². The van der Waals surface area contributed by atoms with Crippen molar-refractivity contribution >= 4 is 5.97 Å². The Labute approximate surface area is 149 Å². The van der Waals surface area contributed by atoms with Crippen LogP contribution < -0.4 is 0 Å². The maximum Gasteiger partial charge on any atom is 0.517 e. The van der Waals surface area contributed by atoms with Gasteiger partial charge in [-0.15, -0.1) is 5.73 Å². The molecule has 2 rings (SSSR count). The molecule has 0 aliphatic heterocycles. The Morgan fingerprint density at radius 1 is 1.36 bits per heavy atom. The monoisotopic (exact) mass is 334 g/mol. The Kier molecular flexibility index (Phi) is 5.88. The van der Waals surface area contributed by atoms with Crippen molar-refractivity contribution < 1.29 is 9.53 Å². The van der Waals surface area contributed by atoms with E-state index in [1.807, 2.05) is 6.92 Å². The van der Waals surface area contributed by atoms with Crippen LogP contribution in [0.3, 0.4) is 0 Å². The molecule has 4 heteroatoms. The number of ether oxygens (including phenoxy) is 1. The van der Waals surface area contributed by atoms with Gasteiger partial charge in [-0.25, -0.2) is 22.8 Å². The van der Waals surface area contributed by atoms with Gasteiger partial charge in [0.1, 0.15) is 5.57 Å². The van der Waals surface area contributed by atoms with Gasteiger partial charge in [0.2, 0.25) is 0 Å². The van der Waals surface area contributed by atoms with Crippen molar-refractivity contribution in [2.45, 2.75) is 45.2 Å². The standard InChI is InChI=1S/C21H22N2O2/c1-6-15(2)20-18-10-9-17(13-18)14-19(20)21(22-4,23-5)11-7-8-12-25-16(3)24/h14,17-18,20H,1,9-13H2,2-3H3/t17-,18+,20-/m0/s1. The molecule has 2 aliphatic carbocycles. The van der Waals surface area contributed by atoms with E-state index in [0.717, 1.165) is 30.4 Å². The van der Waals surface area contributed by atoms with Gasteiger partial charge in [-0.05, 0) is 43.6 Å². The molecule has 0 aromatic rings. The van der Waals surface area contributed by atoms with Gasteiger partial charge < -0.3 is 4.74 Å². The van der Waals surface area contributed by atoms with Gasteiger partial charge in [-0.1, -0.05) is 24.5 Å².